The summed E-state index contributed by atoms with van der Waals surface area (Å²) in [6.45, 7) is 4.23. The fourth-order valence-corrected chi connectivity index (χ4v) is 4.55. The van der Waals surface area contributed by atoms with Crippen molar-refractivity contribution in [1.29, 1.82) is 5.26 Å². The number of aryl methyl sites for hydroxylation is 2. The largest absolute Gasteiger partial charge is 0.346 e. The van der Waals surface area contributed by atoms with Crippen LogP contribution in [0.3, 0.4) is 0 Å². The number of carbonyl (C=O) groups excluding carboxylic acids is 2. The van der Waals surface area contributed by atoms with Gasteiger partial charge >= 0.3 is 6.03 Å². The maximum absolute atomic E-state index is 12.8. The number of aromatic nitrogens is 2. The van der Waals surface area contributed by atoms with Gasteiger partial charge in [0.25, 0.3) is 10.0 Å². The Balaban J connectivity index is 1.78. The van der Waals surface area contributed by atoms with Crippen molar-refractivity contribution in [3.63, 3.8) is 0 Å². The lowest BCUT2D eigenvalue weighted by atomic mass is 10.1. The molecule has 0 aliphatic carbocycles. The summed E-state index contributed by atoms with van der Waals surface area (Å²) in [6.07, 6.45) is 2.79. The molecule has 11 heteroatoms. The molecule has 0 spiro atoms. The highest BCUT2D eigenvalue weighted by Crippen LogP contribution is 2.31. The van der Waals surface area contributed by atoms with Crippen LogP contribution in [0.15, 0.2) is 29.4 Å². The van der Waals surface area contributed by atoms with E-state index in [4.69, 9.17) is 5.26 Å². The van der Waals surface area contributed by atoms with E-state index in [1.807, 2.05) is 6.07 Å². The maximum atomic E-state index is 12.8. The van der Waals surface area contributed by atoms with Crippen molar-refractivity contribution >= 4 is 27.6 Å². The minimum Gasteiger partial charge on any atom is -0.346 e. The Bertz CT molecular complexity index is 1160. The van der Waals surface area contributed by atoms with Crippen LogP contribution in [0.4, 0.5) is 10.5 Å². The van der Waals surface area contributed by atoms with Crippen molar-refractivity contribution in [1.82, 2.24) is 19.6 Å². The molecule has 3 amide bonds. The van der Waals surface area contributed by atoms with Crippen molar-refractivity contribution in [3.8, 4) is 6.07 Å². The van der Waals surface area contributed by atoms with E-state index in [0.29, 0.717) is 21.1 Å². The third-order valence-corrected chi connectivity index (χ3v) is 6.37. The number of nitriles is 1. The van der Waals surface area contributed by atoms with Crippen molar-refractivity contribution in [2.45, 2.75) is 31.7 Å². The van der Waals surface area contributed by atoms with Crippen LogP contribution in [0, 0.1) is 25.2 Å². The molecular weight excluding hydrogens is 396 g/mol. The second-order valence-electron chi connectivity index (χ2n) is 6.54. The lowest BCUT2D eigenvalue weighted by Crippen LogP contribution is -2.49. The molecule has 10 nitrogen and oxygen atoms in total. The highest BCUT2D eigenvalue weighted by molar-refractivity contribution is 7.90. The second-order valence-corrected chi connectivity index (χ2v) is 8.34. The van der Waals surface area contributed by atoms with Crippen molar-refractivity contribution in [2.24, 2.45) is 0 Å². The van der Waals surface area contributed by atoms with Crippen LogP contribution >= 0.6 is 0 Å². The summed E-state index contributed by atoms with van der Waals surface area (Å²) in [6, 6.07) is 3.59. The SMILES string of the molecule is Cc1cc([C@@H](C)NC(=O)CN2C(=O)Nc3ccnc(C)c3S2(=O)=O)ncc1C#N. The molecule has 0 saturated carbocycles. The molecule has 1 aliphatic rings. The van der Waals surface area contributed by atoms with E-state index in [2.05, 4.69) is 20.6 Å². The number of fused-ring (bicyclic) bond motifs is 1. The first-order chi connectivity index (χ1) is 13.6. The fourth-order valence-electron chi connectivity index (χ4n) is 2.95. The molecule has 3 heterocycles. The van der Waals surface area contributed by atoms with Crippen LogP contribution in [-0.2, 0) is 14.8 Å². The maximum Gasteiger partial charge on any atom is 0.336 e. The predicted molar refractivity (Wildman–Crippen MR) is 102 cm³/mol. The number of hydrogen-bond donors (Lipinski definition) is 2. The third kappa shape index (κ3) is 3.74. The molecule has 0 saturated heterocycles. The van der Waals surface area contributed by atoms with Gasteiger partial charge in [0.15, 0.2) is 0 Å². The van der Waals surface area contributed by atoms with Gasteiger partial charge in [-0.05, 0) is 38.5 Å². The van der Waals surface area contributed by atoms with Gasteiger partial charge < -0.3 is 10.6 Å². The Morgan fingerprint density at radius 1 is 1.38 bits per heavy atom. The van der Waals surface area contributed by atoms with E-state index in [1.165, 1.54) is 25.4 Å². The number of hydrogen-bond acceptors (Lipinski definition) is 7. The Morgan fingerprint density at radius 3 is 2.76 bits per heavy atom. The molecule has 0 bridgehead atoms. The summed E-state index contributed by atoms with van der Waals surface area (Å²) in [5, 5.41) is 14.1. The summed E-state index contributed by atoms with van der Waals surface area (Å²) in [5.74, 6) is -0.676. The van der Waals surface area contributed by atoms with Crippen molar-refractivity contribution in [2.75, 3.05) is 11.9 Å². The summed E-state index contributed by atoms with van der Waals surface area (Å²) in [7, 11) is -4.23. The summed E-state index contributed by atoms with van der Waals surface area (Å²) >= 11 is 0. The Morgan fingerprint density at radius 2 is 2.10 bits per heavy atom. The number of pyridine rings is 2. The van der Waals surface area contributed by atoms with Gasteiger partial charge in [0, 0.05) is 12.4 Å². The molecule has 0 radical (unpaired) electrons. The average molecular weight is 414 g/mol. The highest BCUT2D eigenvalue weighted by Gasteiger charge is 2.39. The number of nitrogens with zero attached hydrogens (tertiary/aromatic N) is 4. The smallest absolute Gasteiger partial charge is 0.336 e. The van der Waals surface area contributed by atoms with Crippen LogP contribution < -0.4 is 10.6 Å². The number of sulfonamides is 1. The van der Waals surface area contributed by atoms with Crippen LogP contribution in [0.2, 0.25) is 0 Å². The van der Waals surface area contributed by atoms with Gasteiger partial charge in [-0.25, -0.2) is 17.5 Å². The Kier molecular flexibility index (Phi) is 5.21. The minimum absolute atomic E-state index is 0.129. The minimum atomic E-state index is -4.23. The lowest BCUT2D eigenvalue weighted by molar-refractivity contribution is -0.121. The zero-order chi connectivity index (χ0) is 21.3. The molecular formula is C18H18N6O4S. The van der Waals surface area contributed by atoms with Gasteiger partial charge in [-0.2, -0.15) is 5.26 Å². The third-order valence-electron chi connectivity index (χ3n) is 4.46. The fraction of sp³-hybridized carbons (Fsp3) is 0.278. The molecule has 0 aromatic carbocycles. The highest BCUT2D eigenvalue weighted by atomic mass is 32.2. The molecule has 1 atom stereocenters. The van der Waals surface area contributed by atoms with Gasteiger partial charge in [-0.1, -0.05) is 0 Å². The van der Waals surface area contributed by atoms with Gasteiger partial charge in [0.1, 0.15) is 17.5 Å². The molecule has 0 fully saturated rings. The summed E-state index contributed by atoms with van der Waals surface area (Å²) in [5.41, 5.74) is 1.98. The lowest BCUT2D eigenvalue weighted by Gasteiger charge is -2.29. The standard InChI is InChI=1S/C18H18N6O4S/c1-10-6-15(21-8-13(10)7-19)11(2)22-16(25)9-24-18(26)23-14-4-5-20-12(3)17(14)29(24,27)28/h4-6,8,11H,9H2,1-3H3,(H,22,25)(H,23,26)/t11-/m1/s1. The van der Waals surface area contributed by atoms with E-state index in [-0.39, 0.29) is 16.3 Å². The molecule has 2 aromatic rings. The van der Waals surface area contributed by atoms with Gasteiger partial charge in [0.05, 0.1) is 28.7 Å². The average Bonchev–Trinajstić information content (AvgIpc) is 2.64. The monoisotopic (exact) mass is 414 g/mol. The van der Waals surface area contributed by atoms with E-state index < -0.39 is 34.5 Å². The van der Waals surface area contributed by atoms with Crippen LogP contribution in [0.25, 0.3) is 0 Å². The molecule has 29 heavy (non-hydrogen) atoms. The van der Waals surface area contributed by atoms with Gasteiger partial charge in [-0.15, -0.1) is 0 Å². The Hall–Kier alpha value is -3.52. The Labute approximate surface area is 167 Å². The van der Waals surface area contributed by atoms with Gasteiger partial charge in [0.2, 0.25) is 5.91 Å². The number of nitrogens with one attached hydrogen (secondary N) is 2. The van der Waals surface area contributed by atoms with E-state index in [9.17, 15) is 18.0 Å². The van der Waals surface area contributed by atoms with E-state index in [0.717, 1.165) is 0 Å². The molecule has 2 N–H and O–H groups in total. The summed E-state index contributed by atoms with van der Waals surface area (Å²) < 4.78 is 26.2. The molecule has 150 valence electrons. The molecule has 3 rings (SSSR count). The van der Waals surface area contributed by atoms with Crippen molar-refractivity contribution < 1.29 is 18.0 Å². The summed E-state index contributed by atoms with van der Waals surface area (Å²) in [4.78, 5) is 32.7. The number of carbonyl (C=O) groups is 2. The number of rotatable bonds is 4. The van der Waals surface area contributed by atoms with E-state index >= 15 is 0 Å². The molecule has 2 aromatic heterocycles. The predicted octanol–water partition coefficient (Wildman–Crippen LogP) is 1.38. The normalized spacial score (nSPS) is 15.7. The first kappa shape index (κ1) is 20.2. The molecule has 1 aliphatic heterocycles. The number of amides is 3. The quantitative estimate of drug-likeness (QED) is 0.768. The van der Waals surface area contributed by atoms with Crippen molar-refractivity contribution in [3.05, 3.63) is 47.0 Å². The second kappa shape index (κ2) is 7.48. The number of urea groups is 1. The van der Waals surface area contributed by atoms with Crippen LogP contribution in [-0.4, -0.2) is 41.2 Å². The van der Waals surface area contributed by atoms with Gasteiger partial charge in [-0.3, -0.25) is 14.8 Å². The topological polar surface area (TPSA) is 145 Å². The van der Waals surface area contributed by atoms with E-state index in [1.54, 1.807) is 19.9 Å². The zero-order valence-corrected chi connectivity index (χ0v) is 16.7. The first-order valence-electron chi connectivity index (χ1n) is 8.60. The molecule has 0 unspecified atom stereocenters. The first-order valence-corrected chi connectivity index (χ1v) is 10.0. The van der Waals surface area contributed by atoms with Crippen LogP contribution in [0.5, 0.6) is 0 Å². The zero-order valence-electron chi connectivity index (χ0n) is 15.9. The van der Waals surface area contributed by atoms with Crippen LogP contribution in [0.1, 0.15) is 35.5 Å². The number of anilines is 1.